The third-order valence-corrected chi connectivity index (χ3v) is 5.90. The van der Waals surface area contributed by atoms with Crippen LogP contribution in [0.15, 0.2) is 24.3 Å². The minimum atomic E-state index is 0.409. The molecule has 1 aliphatic rings. The zero-order valence-electron chi connectivity index (χ0n) is 13.7. The number of hydrogen-bond acceptors (Lipinski definition) is 2. The van der Waals surface area contributed by atoms with Gasteiger partial charge in [0.05, 0.1) is 11.4 Å². The Morgan fingerprint density at radius 1 is 1.05 bits per heavy atom. The van der Waals surface area contributed by atoms with E-state index in [-0.39, 0.29) is 0 Å². The van der Waals surface area contributed by atoms with Crippen LogP contribution in [0.25, 0.3) is 0 Å². The third-order valence-electron chi connectivity index (χ3n) is 4.71. The van der Waals surface area contributed by atoms with E-state index in [9.17, 15) is 0 Å². The molecule has 3 heteroatoms. The van der Waals surface area contributed by atoms with Crippen LogP contribution in [-0.2, 0) is 0 Å². The predicted molar refractivity (Wildman–Crippen MR) is 98.0 cm³/mol. The molecule has 0 N–H and O–H groups in total. The van der Waals surface area contributed by atoms with Crippen molar-refractivity contribution >= 4 is 27.3 Å². The van der Waals surface area contributed by atoms with E-state index in [1.165, 1.54) is 43.6 Å². The lowest BCUT2D eigenvalue weighted by Gasteiger charge is -2.43. The van der Waals surface area contributed by atoms with E-state index in [1.807, 2.05) is 0 Å². The molecule has 0 radical (unpaired) electrons. The quantitative estimate of drug-likeness (QED) is 0.642. The van der Waals surface area contributed by atoms with Crippen LogP contribution in [0.1, 0.15) is 39.5 Å². The third kappa shape index (κ3) is 3.74. The van der Waals surface area contributed by atoms with Crippen LogP contribution in [0.5, 0.6) is 0 Å². The van der Waals surface area contributed by atoms with Gasteiger partial charge in [-0.05, 0) is 30.4 Å². The van der Waals surface area contributed by atoms with Crippen molar-refractivity contribution in [3.63, 3.8) is 0 Å². The van der Waals surface area contributed by atoms with Crippen molar-refractivity contribution < 1.29 is 0 Å². The van der Waals surface area contributed by atoms with Gasteiger partial charge in [-0.1, -0.05) is 54.8 Å². The summed E-state index contributed by atoms with van der Waals surface area (Å²) in [4.78, 5) is 4.99. The number of fused-ring (bicyclic) bond motifs is 1. The standard InChI is InChI=1S/C18H29BrN2/c1-4-10-18(14-19,11-5-2)15-21-13-12-20(3)16-8-6-7-9-17(16)21/h6-9H,4-5,10-15H2,1-3H3. The number of hydrogen-bond donors (Lipinski definition) is 0. The maximum atomic E-state index is 3.82. The zero-order valence-corrected chi connectivity index (χ0v) is 15.3. The summed E-state index contributed by atoms with van der Waals surface area (Å²) < 4.78 is 0. The lowest BCUT2D eigenvalue weighted by atomic mass is 9.80. The van der Waals surface area contributed by atoms with Crippen molar-refractivity contribution in [2.24, 2.45) is 5.41 Å². The fourth-order valence-corrected chi connectivity index (χ4v) is 4.39. The minimum absolute atomic E-state index is 0.409. The molecule has 0 amide bonds. The first kappa shape index (κ1) is 16.7. The number of rotatable bonds is 7. The normalized spacial score (nSPS) is 15.2. The van der Waals surface area contributed by atoms with Gasteiger partial charge in [-0.3, -0.25) is 0 Å². The summed E-state index contributed by atoms with van der Waals surface area (Å²) >= 11 is 3.82. The van der Waals surface area contributed by atoms with Gasteiger partial charge < -0.3 is 9.80 Å². The van der Waals surface area contributed by atoms with Crippen LogP contribution in [0, 0.1) is 5.41 Å². The molecule has 2 rings (SSSR count). The summed E-state index contributed by atoms with van der Waals surface area (Å²) in [5.74, 6) is 0. The highest BCUT2D eigenvalue weighted by Crippen LogP contribution is 2.38. The number of benzene rings is 1. The smallest absolute Gasteiger partial charge is 0.0604 e. The first-order valence-electron chi connectivity index (χ1n) is 8.27. The summed E-state index contributed by atoms with van der Waals surface area (Å²) in [6, 6.07) is 8.84. The second-order valence-electron chi connectivity index (χ2n) is 6.47. The molecule has 0 fully saturated rings. The molecule has 1 aromatic rings. The van der Waals surface area contributed by atoms with Crippen LogP contribution in [0.3, 0.4) is 0 Å². The van der Waals surface area contributed by atoms with Gasteiger partial charge in [0, 0.05) is 32.0 Å². The SMILES string of the molecule is CCCC(CBr)(CCC)CN1CCN(C)c2ccccc21. The molecular weight excluding hydrogens is 324 g/mol. The monoisotopic (exact) mass is 352 g/mol. The highest BCUT2D eigenvalue weighted by atomic mass is 79.9. The summed E-state index contributed by atoms with van der Waals surface area (Å²) in [7, 11) is 2.20. The molecule has 0 atom stereocenters. The van der Waals surface area contributed by atoms with E-state index in [4.69, 9.17) is 0 Å². The number of alkyl halides is 1. The van der Waals surface area contributed by atoms with E-state index in [2.05, 4.69) is 70.9 Å². The number of anilines is 2. The Balaban J connectivity index is 2.23. The predicted octanol–water partition coefficient (Wildman–Crippen LogP) is 4.92. The van der Waals surface area contributed by atoms with E-state index in [1.54, 1.807) is 0 Å². The maximum absolute atomic E-state index is 3.82. The molecule has 0 aromatic heterocycles. The fourth-order valence-electron chi connectivity index (χ4n) is 3.65. The Morgan fingerprint density at radius 2 is 1.67 bits per heavy atom. The van der Waals surface area contributed by atoms with Crippen molar-refractivity contribution in [3.8, 4) is 0 Å². The van der Waals surface area contributed by atoms with Gasteiger partial charge in [0.2, 0.25) is 0 Å². The van der Waals surface area contributed by atoms with Crippen LogP contribution in [0.2, 0.25) is 0 Å². The summed E-state index contributed by atoms with van der Waals surface area (Å²) in [6.45, 7) is 8.05. The zero-order chi connectivity index (χ0) is 15.3. The summed E-state index contributed by atoms with van der Waals surface area (Å²) in [5.41, 5.74) is 3.19. The minimum Gasteiger partial charge on any atom is -0.371 e. The van der Waals surface area contributed by atoms with Crippen LogP contribution < -0.4 is 9.80 Å². The second-order valence-corrected chi connectivity index (χ2v) is 7.03. The molecule has 118 valence electrons. The fraction of sp³-hybridized carbons (Fsp3) is 0.667. The Kier molecular flexibility index (Phi) is 5.98. The lowest BCUT2D eigenvalue weighted by Crippen LogP contribution is -2.45. The van der Waals surface area contributed by atoms with Gasteiger partial charge in [0.1, 0.15) is 0 Å². The van der Waals surface area contributed by atoms with Crippen molar-refractivity contribution in [1.82, 2.24) is 0 Å². The van der Waals surface area contributed by atoms with Gasteiger partial charge in [0.25, 0.3) is 0 Å². The molecule has 1 aromatic carbocycles. The molecule has 21 heavy (non-hydrogen) atoms. The first-order chi connectivity index (χ1) is 10.2. The molecular formula is C18H29BrN2. The number of nitrogens with zero attached hydrogens (tertiary/aromatic N) is 2. The average molecular weight is 353 g/mol. The Bertz CT molecular complexity index is 441. The van der Waals surface area contributed by atoms with Gasteiger partial charge in [0.15, 0.2) is 0 Å². The molecule has 2 nitrogen and oxygen atoms in total. The topological polar surface area (TPSA) is 6.48 Å². The lowest BCUT2D eigenvalue weighted by molar-refractivity contribution is 0.279. The van der Waals surface area contributed by atoms with Gasteiger partial charge in [-0.25, -0.2) is 0 Å². The molecule has 0 saturated heterocycles. The van der Waals surface area contributed by atoms with Crippen molar-refractivity contribution in [2.45, 2.75) is 39.5 Å². The Morgan fingerprint density at radius 3 is 2.24 bits per heavy atom. The van der Waals surface area contributed by atoms with E-state index in [0.29, 0.717) is 5.41 Å². The Labute approximate surface area is 138 Å². The molecule has 0 unspecified atom stereocenters. The summed E-state index contributed by atoms with van der Waals surface area (Å²) in [5, 5.41) is 1.11. The van der Waals surface area contributed by atoms with E-state index >= 15 is 0 Å². The second kappa shape index (κ2) is 7.53. The Hall–Kier alpha value is -0.700. The molecule has 0 bridgehead atoms. The first-order valence-corrected chi connectivity index (χ1v) is 9.39. The molecule has 1 heterocycles. The summed E-state index contributed by atoms with van der Waals surface area (Å²) in [6.07, 6.45) is 5.14. The van der Waals surface area contributed by atoms with Crippen LogP contribution in [0.4, 0.5) is 11.4 Å². The van der Waals surface area contributed by atoms with E-state index < -0.39 is 0 Å². The van der Waals surface area contributed by atoms with Crippen LogP contribution in [-0.4, -0.2) is 32.0 Å². The van der Waals surface area contributed by atoms with Crippen LogP contribution >= 0.6 is 15.9 Å². The molecule has 0 saturated carbocycles. The largest absolute Gasteiger partial charge is 0.371 e. The average Bonchev–Trinajstić information content (AvgIpc) is 2.51. The number of halogens is 1. The van der Waals surface area contributed by atoms with E-state index in [0.717, 1.165) is 18.4 Å². The van der Waals surface area contributed by atoms with Crippen molar-refractivity contribution in [3.05, 3.63) is 24.3 Å². The highest BCUT2D eigenvalue weighted by Gasteiger charge is 2.32. The molecule has 0 spiro atoms. The van der Waals surface area contributed by atoms with Crippen molar-refractivity contribution in [1.29, 1.82) is 0 Å². The number of likely N-dealkylation sites (N-methyl/N-ethyl adjacent to an activating group) is 1. The molecule has 1 aliphatic heterocycles. The highest BCUT2D eigenvalue weighted by molar-refractivity contribution is 9.09. The van der Waals surface area contributed by atoms with Gasteiger partial charge in [-0.2, -0.15) is 0 Å². The maximum Gasteiger partial charge on any atom is 0.0604 e. The van der Waals surface area contributed by atoms with Crippen molar-refractivity contribution in [2.75, 3.05) is 41.8 Å². The van der Waals surface area contributed by atoms with Gasteiger partial charge in [-0.15, -0.1) is 0 Å². The van der Waals surface area contributed by atoms with Gasteiger partial charge >= 0.3 is 0 Å². The molecule has 0 aliphatic carbocycles. The number of para-hydroxylation sites is 2.